The number of carbonyl (C=O) groups is 1. The molecule has 0 aromatic heterocycles. The van der Waals surface area contributed by atoms with Gasteiger partial charge in [-0.15, -0.1) is 0 Å². The van der Waals surface area contributed by atoms with Gasteiger partial charge in [-0.2, -0.15) is 0 Å². The highest BCUT2D eigenvalue weighted by molar-refractivity contribution is 7.91. The molecule has 0 radical (unpaired) electrons. The van der Waals surface area contributed by atoms with Gasteiger partial charge in [0.15, 0.2) is 21.3 Å². The first kappa shape index (κ1) is 20.9. The van der Waals surface area contributed by atoms with Crippen molar-refractivity contribution in [2.45, 2.75) is 11.7 Å². The maximum absolute atomic E-state index is 12.7. The van der Waals surface area contributed by atoms with E-state index in [0.29, 0.717) is 24.5 Å². The van der Waals surface area contributed by atoms with Crippen molar-refractivity contribution in [3.63, 3.8) is 0 Å². The number of methoxy groups -OCH3 is 2. The third kappa shape index (κ3) is 4.98. The monoisotopic (exact) mass is 415 g/mol. The third-order valence-electron chi connectivity index (χ3n) is 5.05. The smallest absolute Gasteiger partial charge is 0.246 e. The number of nitrogens with zero attached hydrogens (tertiary/aromatic N) is 1. The minimum atomic E-state index is -3.31. The normalized spacial score (nSPS) is 19.0. The molecule has 2 aromatic carbocycles. The average Bonchev–Trinajstić information content (AvgIpc) is 2.90. The van der Waals surface area contributed by atoms with Gasteiger partial charge in [0.05, 0.1) is 25.2 Å². The molecule has 0 spiro atoms. The minimum absolute atomic E-state index is 0.0392. The molecule has 1 unspecified atom stereocenters. The maximum Gasteiger partial charge on any atom is 0.246 e. The van der Waals surface area contributed by atoms with Crippen molar-refractivity contribution < 1.29 is 22.7 Å². The Kier molecular flexibility index (Phi) is 6.59. The van der Waals surface area contributed by atoms with E-state index in [0.717, 1.165) is 11.1 Å². The molecule has 1 atom stereocenters. The van der Waals surface area contributed by atoms with Gasteiger partial charge in [0.25, 0.3) is 0 Å². The summed E-state index contributed by atoms with van der Waals surface area (Å²) in [6.07, 6.45) is 3.55. The predicted octanol–water partition coefficient (Wildman–Crippen LogP) is 3.11. The zero-order chi connectivity index (χ0) is 20.9. The Hall–Kier alpha value is -2.80. The Morgan fingerprint density at radius 2 is 1.76 bits per heavy atom. The summed E-state index contributed by atoms with van der Waals surface area (Å²) in [7, 11) is -0.196. The number of amides is 1. The summed E-state index contributed by atoms with van der Waals surface area (Å²) in [6.45, 7) is 0.592. The second kappa shape index (κ2) is 9.13. The van der Waals surface area contributed by atoms with Gasteiger partial charge >= 0.3 is 0 Å². The van der Waals surface area contributed by atoms with E-state index in [4.69, 9.17) is 9.47 Å². The molecule has 1 amide bonds. The highest BCUT2D eigenvalue weighted by atomic mass is 32.2. The van der Waals surface area contributed by atoms with Crippen LogP contribution in [0.3, 0.4) is 0 Å². The summed E-state index contributed by atoms with van der Waals surface area (Å²) >= 11 is 0. The topological polar surface area (TPSA) is 72.9 Å². The van der Waals surface area contributed by atoms with Crippen molar-refractivity contribution in [2.75, 3.05) is 33.1 Å². The molecule has 0 N–H and O–H groups in total. The highest BCUT2D eigenvalue weighted by Crippen LogP contribution is 2.30. The van der Waals surface area contributed by atoms with Crippen LogP contribution < -0.4 is 9.47 Å². The van der Waals surface area contributed by atoms with Crippen molar-refractivity contribution in [2.24, 2.45) is 0 Å². The van der Waals surface area contributed by atoms with Crippen molar-refractivity contribution >= 4 is 21.8 Å². The standard InChI is InChI=1S/C22H25NO5S/c1-27-19-10-8-17(16-20(19)28-2)9-11-22(24)23-13-12-21(29(25,26)15-14-23)18-6-4-3-5-7-18/h3-11,16,21H,12-15H2,1-2H3/b11-9+. The van der Waals surface area contributed by atoms with E-state index in [-0.39, 0.29) is 18.2 Å². The molecule has 1 saturated heterocycles. The first-order valence-electron chi connectivity index (χ1n) is 9.40. The van der Waals surface area contributed by atoms with E-state index >= 15 is 0 Å². The number of benzene rings is 2. The fraction of sp³-hybridized carbons (Fsp3) is 0.318. The largest absolute Gasteiger partial charge is 0.493 e. The van der Waals surface area contributed by atoms with Crippen LogP contribution in [-0.4, -0.2) is 52.3 Å². The molecular weight excluding hydrogens is 390 g/mol. The van der Waals surface area contributed by atoms with Gasteiger partial charge in [0, 0.05) is 19.2 Å². The van der Waals surface area contributed by atoms with Crippen LogP contribution in [-0.2, 0) is 14.6 Å². The second-order valence-corrected chi connectivity index (χ2v) is 9.13. The van der Waals surface area contributed by atoms with Crippen LogP contribution in [0.5, 0.6) is 11.5 Å². The quantitative estimate of drug-likeness (QED) is 0.702. The summed E-state index contributed by atoms with van der Waals surface area (Å²) in [5.41, 5.74) is 1.57. The van der Waals surface area contributed by atoms with E-state index in [1.807, 2.05) is 36.4 Å². The maximum atomic E-state index is 12.7. The molecule has 1 aliphatic rings. The molecule has 0 bridgehead atoms. The molecule has 0 aliphatic carbocycles. The van der Waals surface area contributed by atoms with Gasteiger partial charge in [-0.1, -0.05) is 36.4 Å². The van der Waals surface area contributed by atoms with Gasteiger partial charge in [-0.25, -0.2) is 8.42 Å². The zero-order valence-electron chi connectivity index (χ0n) is 16.6. The summed E-state index contributed by atoms with van der Waals surface area (Å²) < 4.78 is 35.9. The third-order valence-corrected chi connectivity index (χ3v) is 7.18. The lowest BCUT2D eigenvalue weighted by atomic mass is 10.1. The molecule has 0 saturated carbocycles. The predicted molar refractivity (Wildman–Crippen MR) is 113 cm³/mol. The summed E-state index contributed by atoms with van der Waals surface area (Å²) in [5.74, 6) is 0.945. The van der Waals surface area contributed by atoms with E-state index in [1.165, 1.54) is 6.08 Å². The number of carbonyl (C=O) groups excluding carboxylic acids is 1. The molecule has 3 rings (SSSR count). The van der Waals surface area contributed by atoms with Crippen molar-refractivity contribution in [3.05, 3.63) is 65.7 Å². The lowest BCUT2D eigenvalue weighted by molar-refractivity contribution is -0.125. The molecule has 1 fully saturated rings. The van der Waals surface area contributed by atoms with Gasteiger partial charge in [0.2, 0.25) is 5.91 Å². The van der Waals surface area contributed by atoms with Crippen LogP contribution in [0.15, 0.2) is 54.6 Å². The van der Waals surface area contributed by atoms with Crippen LogP contribution in [0.25, 0.3) is 6.08 Å². The first-order chi connectivity index (χ1) is 13.9. The lowest BCUT2D eigenvalue weighted by Crippen LogP contribution is -2.32. The average molecular weight is 416 g/mol. The fourth-order valence-corrected chi connectivity index (χ4v) is 5.23. The zero-order valence-corrected chi connectivity index (χ0v) is 17.4. The van der Waals surface area contributed by atoms with Crippen LogP contribution in [0.1, 0.15) is 22.8 Å². The molecule has 29 heavy (non-hydrogen) atoms. The van der Waals surface area contributed by atoms with Crippen molar-refractivity contribution in [1.82, 2.24) is 4.90 Å². The summed E-state index contributed by atoms with van der Waals surface area (Å²) in [4.78, 5) is 14.2. The molecule has 2 aromatic rings. The van der Waals surface area contributed by atoms with Crippen LogP contribution in [0.4, 0.5) is 0 Å². The number of hydrogen-bond donors (Lipinski definition) is 0. The van der Waals surface area contributed by atoms with Crippen molar-refractivity contribution in [1.29, 1.82) is 0 Å². The van der Waals surface area contributed by atoms with Crippen LogP contribution in [0.2, 0.25) is 0 Å². The Labute approximate surface area is 171 Å². The number of hydrogen-bond acceptors (Lipinski definition) is 5. The van der Waals surface area contributed by atoms with Crippen LogP contribution in [0, 0.1) is 0 Å². The minimum Gasteiger partial charge on any atom is -0.493 e. The Bertz CT molecular complexity index is 986. The SMILES string of the molecule is COc1ccc(/C=C/C(=O)N2CCC(c3ccccc3)S(=O)(=O)CC2)cc1OC. The molecule has 1 heterocycles. The van der Waals surface area contributed by atoms with Gasteiger partial charge in [-0.3, -0.25) is 4.79 Å². The van der Waals surface area contributed by atoms with Gasteiger partial charge in [0.1, 0.15) is 0 Å². The van der Waals surface area contributed by atoms with E-state index in [9.17, 15) is 13.2 Å². The highest BCUT2D eigenvalue weighted by Gasteiger charge is 2.32. The molecular formula is C22H25NO5S. The van der Waals surface area contributed by atoms with Crippen LogP contribution >= 0.6 is 0 Å². The number of sulfone groups is 1. The first-order valence-corrected chi connectivity index (χ1v) is 11.1. The molecule has 1 aliphatic heterocycles. The number of ether oxygens (including phenoxy) is 2. The van der Waals surface area contributed by atoms with E-state index in [2.05, 4.69) is 0 Å². The molecule has 7 heteroatoms. The summed E-state index contributed by atoms with van der Waals surface area (Å²) in [6, 6.07) is 14.6. The Morgan fingerprint density at radius 3 is 2.45 bits per heavy atom. The number of rotatable bonds is 5. The Morgan fingerprint density at radius 1 is 1.03 bits per heavy atom. The van der Waals surface area contributed by atoms with Gasteiger partial charge < -0.3 is 14.4 Å². The molecule has 154 valence electrons. The second-order valence-electron chi connectivity index (χ2n) is 6.83. The van der Waals surface area contributed by atoms with Gasteiger partial charge in [-0.05, 0) is 35.8 Å². The molecule has 6 nitrogen and oxygen atoms in total. The van der Waals surface area contributed by atoms with E-state index in [1.54, 1.807) is 37.3 Å². The van der Waals surface area contributed by atoms with E-state index < -0.39 is 15.1 Å². The summed E-state index contributed by atoms with van der Waals surface area (Å²) in [5, 5.41) is -0.573. The Balaban J connectivity index is 1.71. The lowest BCUT2D eigenvalue weighted by Gasteiger charge is -2.18. The fourth-order valence-electron chi connectivity index (χ4n) is 3.44. The van der Waals surface area contributed by atoms with Crippen molar-refractivity contribution in [3.8, 4) is 11.5 Å².